The number of hydrogen-bond donors (Lipinski definition) is 0. The lowest BCUT2D eigenvalue weighted by molar-refractivity contribution is 0.584. The van der Waals surface area contributed by atoms with E-state index in [1.54, 1.807) is 0 Å². The first-order valence-electron chi connectivity index (χ1n) is 11.7. The van der Waals surface area contributed by atoms with Crippen molar-refractivity contribution in [3.8, 4) is 0 Å². The summed E-state index contributed by atoms with van der Waals surface area (Å²) in [6.45, 7) is 2.29. The molecule has 0 heterocycles. The Bertz CT molecular complexity index is 699. The summed E-state index contributed by atoms with van der Waals surface area (Å²) in [6.07, 6.45) is 11.2. The maximum absolute atomic E-state index is 2.34. The van der Waals surface area contributed by atoms with E-state index in [0.717, 1.165) is 0 Å². The largest absolute Gasteiger partial charge is 0.200 e. The summed E-state index contributed by atoms with van der Waals surface area (Å²) in [5, 5.41) is 0. The molecule has 0 aliphatic heterocycles. The Morgan fingerprint density at radius 3 is 1.17 bits per heavy atom. The molecule has 0 atom stereocenters. The Hall–Kier alpha value is -2.28. The van der Waals surface area contributed by atoms with E-state index in [1.165, 1.54) is 74.1 Å². The van der Waals surface area contributed by atoms with Crippen LogP contribution in [0, 0.1) is 0 Å². The summed E-state index contributed by atoms with van der Waals surface area (Å²) in [4.78, 5) is 0. The molecule has 0 radical (unpaired) electrons. The number of benzene rings is 3. The molecule has 0 saturated heterocycles. The van der Waals surface area contributed by atoms with Gasteiger partial charge in [-0.3, -0.25) is 0 Å². The van der Waals surface area contributed by atoms with E-state index in [1.807, 2.05) is 0 Å². The van der Waals surface area contributed by atoms with Gasteiger partial charge in [0.1, 0.15) is 0 Å². The van der Waals surface area contributed by atoms with Crippen molar-refractivity contribution < 1.29 is 0 Å². The highest BCUT2D eigenvalue weighted by Crippen LogP contribution is 2.18. The first-order valence-corrected chi connectivity index (χ1v) is 11.7. The molecule has 0 fully saturated rings. The SMILES string of the molecule is CCCCCCCCCC[B-](c1ccccc1)(c1ccccc1)c1ccccc1. The zero-order chi connectivity index (χ0) is 20.2. The predicted octanol–water partition coefficient (Wildman–Crippen LogP) is 6.30. The van der Waals surface area contributed by atoms with Gasteiger partial charge < -0.3 is 0 Å². The van der Waals surface area contributed by atoms with Crippen LogP contribution in [0.4, 0.5) is 0 Å². The van der Waals surface area contributed by atoms with Crippen LogP contribution in [0.2, 0.25) is 6.32 Å². The Balaban J connectivity index is 1.83. The van der Waals surface area contributed by atoms with Gasteiger partial charge in [0.25, 0.3) is 0 Å². The van der Waals surface area contributed by atoms with E-state index < -0.39 is 6.15 Å². The zero-order valence-electron chi connectivity index (χ0n) is 18.1. The van der Waals surface area contributed by atoms with Crippen LogP contribution in [0.3, 0.4) is 0 Å². The Morgan fingerprint density at radius 2 is 0.793 bits per heavy atom. The fraction of sp³-hybridized carbons (Fsp3) is 0.357. The second-order valence-corrected chi connectivity index (χ2v) is 8.54. The van der Waals surface area contributed by atoms with Crippen LogP contribution in [0.25, 0.3) is 0 Å². The molecule has 0 aliphatic carbocycles. The summed E-state index contributed by atoms with van der Waals surface area (Å²) < 4.78 is 0. The summed E-state index contributed by atoms with van der Waals surface area (Å²) in [7, 11) is 0. The van der Waals surface area contributed by atoms with Gasteiger partial charge in [-0.2, -0.15) is 22.7 Å². The van der Waals surface area contributed by atoms with Crippen molar-refractivity contribution >= 4 is 22.5 Å². The third-order valence-electron chi connectivity index (χ3n) is 6.60. The molecule has 1 heteroatoms. The minimum Gasteiger partial charge on any atom is -0.200 e. The first kappa shape index (κ1) is 21.4. The van der Waals surface area contributed by atoms with Crippen molar-refractivity contribution in [2.45, 2.75) is 64.6 Å². The molecule has 0 bridgehead atoms. The topological polar surface area (TPSA) is 0 Å². The van der Waals surface area contributed by atoms with Gasteiger partial charge in [0.05, 0.1) is 6.15 Å². The maximum atomic E-state index is 2.34. The van der Waals surface area contributed by atoms with E-state index in [0.29, 0.717) is 0 Å². The van der Waals surface area contributed by atoms with Crippen molar-refractivity contribution in [2.75, 3.05) is 0 Å². The highest BCUT2D eigenvalue weighted by atomic mass is 14.1. The second kappa shape index (κ2) is 11.7. The maximum Gasteiger partial charge on any atom is 0.0814 e. The summed E-state index contributed by atoms with van der Waals surface area (Å²) in [5.41, 5.74) is 4.40. The van der Waals surface area contributed by atoms with Gasteiger partial charge in [-0.05, 0) is 0 Å². The molecule has 3 aromatic carbocycles. The number of unbranched alkanes of at least 4 members (excludes halogenated alkanes) is 7. The van der Waals surface area contributed by atoms with Gasteiger partial charge in [0.15, 0.2) is 0 Å². The smallest absolute Gasteiger partial charge is 0.0814 e. The van der Waals surface area contributed by atoms with Crippen LogP contribution < -0.4 is 16.4 Å². The Labute approximate surface area is 178 Å². The molecule has 0 unspecified atom stereocenters. The predicted molar refractivity (Wildman–Crippen MR) is 131 cm³/mol. The third kappa shape index (κ3) is 5.63. The monoisotopic (exact) mass is 383 g/mol. The lowest BCUT2D eigenvalue weighted by Crippen LogP contribution is -2.66. The third-order valence-corrected chi connectivity index (χ3v) is 6.60. The molecule has 0 saturated carbocycles. The summed E-state index contributed by atoms with van der Waals surface area (Å²) in [5.74, 6) is 0. The first-order chi connectivity index (χ1) is 14.4. The van der Waals surface area contributed by atoms with Gasteiger partial charge in [-0.1, -0.05) is 149 Å². The van der Waals surface area contributed by atoms with Gasteiger partial charge >= 0.3 is 0 Å². The lowest BCUT2D eigenvalue weighted by atomic mass is 9.14. The molecule has 0 N–H and O–H groups in total. The quantitative estimate of drug-likeness (QED) is 0.254. The van der Waals surface area contributed by atoms with Gasteiger partial charge in [-0.25, -0.2) is 0 Å². The fourth-order valence-electron chi connectivity index (χ4n) is 5.01. The van der Waals surface area contributed by atoms with Crippen molar-refractivity contribution in [3.63, 3.8) is 0 Å². The highest BCUT2D eigenvalue weighted by molar-refractivity contribution is 7.11. The fourth-order valence-corrected chi connectivity index (χ4v) is 5.01. The molecule has 0 amide bonds. The van der Waals surface area contributed by atoms with E-state index in [9.17, 15) is 0 Å². The summed E-state index contributed by atoms with van der Waals surface area (Å²) >= 11 is 0. The van der Waals surface area contributed by atoms with Crippen LogP contribution >= 0.6 is 0 Å². The normalized spacial score (nSPS) is 11.5. The van der Waals surface area contributed by atoms with Crippen molar-refractivity contribution in [2.24, 2.45) is 0 Å². The molecule has 0 aliphatic rings. The van der Waals surface area contributed by atoms with Crippen LogP contribution in [-0.2, 0) is 0 Å². The molecule has 152 valence electrons. The summed E-state index contributed by atoms with van der Waals surface area (Å²) in [6, 6.07) is 33.6. The van der Waals surface area contributed by atoms with E-state index in [-0.39, 0.29) is 0 Å². The van der Waals surface area contributed by atoms with Gasteiger partial charge in [0, 0.05) is 0 Å². The Kier molecular flexibility index (Phi) is 8.62. The number of rotatable bonds is 12. The minimum absolute atomic E-state index is 0.945. The van der Waals surface area contributed by atoms with Crippen LogP contribution in [0.1, 0.15) is 58.3 Å². The standard InChI is InChI=1S/C28H36B/c1-2-3-4-5-6-7-8-18-25-29(26-19-12-9-13-20-26,27-21-14-10-15-22-27)28-23-16-11-17-24-28/h9-17,19-24H,2-8,18,25H2,1H3/q-1. The molecular weight excluding hydrogens is 347 g/mol. The van der Waals surface area contributed by atoms with Crippen molar-refractivity contribution in [1.82, 2.24) is 0 Å². The molecule has 3 rings (SSSR count). The molecule has 0 spiro atoms. The molecule has 0 nitrogen and oxygen atoms in total. The molecule has 0 aromatic heterocycles. The molecular formula is C28H36B-. The van der Waals surface area contributed by atoms with Crippen molar-refractivity contribution in [3.05, 3.63) is 91.0 Å². The zero-order valence-corrected chi connectivity index (χ0v) is 18.1. The molecule has 29 heavy (non-hydrogen) atoms. The average Bonchev–Trinajstić information content (AvgIpc) is 2.80. The molecule has 3 aromatic rings. The van der Waals surface area contributed by atoms with Crippen LogP contribution in [0.15, 0.2) is 91.0 Å². The Morgan fingerprint density at radius 1 is 0.448 bits per heavy atom. The van der Waals surface area contributed by atoms with Gasteiger partial charge in [0.2, 0.25) is 0 Å². The second-order valence-electron chi connectivity index (χ2n) is 8.54. The van der Waals surface area contributed by atoms with E-state index in [2.05, 4.69) is 97.9 Å². The minimum atomic E-state index is -0.945. The lowest BCUT2D eigenvalue weighted by Gasteiger charge is -2.43. The van der Waals surface area contributed by atoms with Crippen LogP contribution in [-0.4, -0.2) is 6.15 Å². The average molecular weight is 383 g/mol. The highest BCUT2D eigenvalue weighted by Gasteiger charge is 2.28. The number of hydrogen-bond acceptors (Lipinski definition) is 0. The van der Waals surface area contributed by atoms with Gasteiger partial charge in [-0.15, -0.1) is 0 Å². The van der Waals surface area contributed by atoms with Crippen molar-refractivity contribution in [1.29, 1.82) is 0 Å². The van der Waals surface area contributed by atoms with Crippen LogP contribution in [0.5, 0.6) is 0 Å². The van der Waals surface area contributed by atoms with E-state index >= 15 is 0 Å². The van der Waals surface area contributed by atoms with E-state index in [4.69, 9.17) is 0 Å².